The summed E-state index contributed by atoms with van der Waals surface area (Å²) in [7, 11) is 0. The lowest BCUT2D eigenvalue weighted by atomic mass is 9.45. The first-order valence-electron chi connectivity index (χ1n) is 9.96. The van der Waals surface area contributed by atoms with Gasteiger partial charge in [-0.25, -0.2) is 0 Å². The molecule has 3 nitrogen and oxygen atoms in total. The van der Waals surface area contributed by atoms with Gasteiger partial charge in [-0.2, -0.15) is 0 Å². The van der Waals surface area contributed by atoms with Crippen molar-refractivity contribution in [2.45, 2.75) is 66.2 Å². The first-order valence-corrected chi connectivity index (χ1v) is 9.96. The lowest BCUT2D eigenvalue weighted by molar-refractivity contribution is -0.149. The van der Waals surface area contributed by atoms with E-state index < -0.39 is 0 Å². The molecule has 0 aliphatic heterocycles. The standard InChI is InChI=1S/C22H30O3/c1-12-9-15-17-6-5-16(13(2)23)22(17,4)11-19(25)20(15)21(3)8-7-14(24)10-18(12)21/h10,12,15-17,20H,5-9,11H2,1-4H3/t12-,15-,16+,17-,20+,21+,22-/m1/s1. The van der Waals surface area contributed by atoms with Crippen LogP contribution in [0.15, 0.2) is 11.6 Å². The van der Waals surface area contributed by atoms with Crippen LogP contribution in [-0.4, -0.2) is 17.3 Å². The molecule has 4 aliphatic rings. The summed E-state index contributed by atoms with van der Waals surface area (Å²) < 4.78 is 0. The number of ketones is 3. The average Bonchev–Trinajstić information content (AvgIpc) is 2.85. The molecule has 0 aromatic rings. The van der Waals surface area contributed by atoms with Gasteiger partial charge in [0.1, 0.15) is 11.6 Å². The summed E-state index contributed by atoms with van der Waals surface area (Å²) in [4.78, 5) is 37.6. The lowest BCUT2D eigenvalue weighted by Gasteiger charge is -2.58. The zero-order valence-corrected chi connectivity index (χ0v) is 15.9. The highest BCUT2D eigenvalue weighted by Crippen LogP contribution is 2.66. The van der Waals surface area contributed by atoms with E-state index in [4.69, 9.17) is 0 Å². The van der Waals surface area contributed by atoms with Crippen LogP contribution in [-0.2, 0) is 14.4 Å². The summed E-state index contributed by atoms with van der Waals surface area (Å²) in [6, 6.07) is 0. The van der Waals surface area contributed by atoms with Crippen molar-refractivity contribution in [1.29, 1.82) is 0 Å². The van der Waals surface area contributed by atoms with Crippen molar-refractivity contribution < 1.29 is 14.4 Å². The number of hydrogen-bond acceptors (Lipinski definition) is 3. The Labute approximate surface area is 150 Å². The molecule has 4 rings (SSSR count). The van der Waals surface area contributed by atoms with Crippen LogP contribution < -0.4 is 0 Å². The largest absolute Gasteiger partial charge is 0.300 e. The third kappa shape index (κ3) is 2.20. The Bertz CT molecular complexity index is 689. The zero-order chi connectivity index (χ0) is 18.1. The highest BCUT2D eigenvalue weighted by Gasteiger charge is 2.63. The summed E-state index contributed by atoms with van der Waals surface area (Å²) in [6.45, 7) is 8.37. The minimum absolute atomic E-state index is 0.0480. The molecule has 0 saturated heterocycles. The third-order valence-corrected chi connectivity index (χ3v) is 8.46. The molecule has 3 heteroatoms. The molecule has 0 amide bonds. The van der Waals surface area contributed by atoms with Gasteiger partial charge in [0, 0.05) is 24.7 Å². The Hall–Kier alpha value is -1.25. The second-order valence-corrected chi connectivity index (χ2v) is 9.76. The van der Waals surface area contributed by atoms with Gasteiger partial charge in [-0.3, -0.25) is 14.4 Å². The number of carbonyl (C=O) groups is 3. The van der Waals surface area contributed by atoms with Crippen molar-refractivity contribution in [1.82, 2.24) is 0 Å². The van der Waals surface area contributed by atoms with E-state index in [0.29, 0.717) is 36.4 Å². The van der Waals surface area contributed by atoms with Gasteiger partial charge in [-0.1, -0.05) is 26.3 Å². The van der Waals surface area contributed by atoms with Crippen LogP contribution in [0, 0.1) is 40.4 Å². The van der Waals surface area contributed by atoms with Crippen LogP contribution in [0.5, 0.6) is 0 Å². The fraction of sp³-hybridized carbons (Fsp3) is 0.773. The Morgan fingerprint density at radius 3 is 2.60 bits per heavy atom. The van der Waals surface area contributed by atoms with E-state index in [2.05, 4.69) is 20.8 Å². The first-order chi connectivity index (χ1) is 11.7. The molecule has 0 bridgehead atoms. The number of fused-ring (bicyclic) bond motifs is 5. The van der Waals surface area contributed by atoms with Crippen LogP contribution >= 0.6 is 0 Å². The van der Waals surface area contributed by atoms with Crippen LogP contribution in [0.3, 0.4) is 0 Å². The normalized spacial score (nSPS) is 49.1. The van der Waals surface area contributed by atoms with Crippen LogP contribution in [0.4, 0.5) is 0 Å². The lowest BCUT2D eigenvalue weighted by Crippen LogP contribution is -2.56. The molecule has 0 aromatic carbocycles. The molecular formula is C22H30O3. The predicted molar refractivity (Wildman–Crippen MR) is 95.8 cm³/mol. The maximum Gasteiger partial charge on any atom is 0.155 e. The van der Waals surface area contributed by atoms with E-state index in [1.807, 2.05) is 6.08 Å². The van der Waals surface area contributed by atoms with Gasteiger partial charge in [-0.15, -0.1) is 0 Å². The van der Waals surface area contributed by atoms with Crippen LogP contribution in [0.2, 0.25) is 0 Å². The molecule has 136 valence electrons. The highest BCUT2D eigenvalue weighted by atomic mass is 16.1. The van der Waals surface area contributed by atoms with Crippen molar-refractivity contribution in [3.8, 4) is 0 Å². The Morgan fingerprint density at radius 1 is 1.20 bits per heavy atom. The van der Waals surface area contributed by atoms with E-state index >= 15 is 0 Å². The van der Waals surface area contributed by atoms with Crippen molar-refractivity contribution in [2.75, 3.05) is 0 Å². The second-order valence-electron chi connectivity index (χ2n) is 9.76. The SMILES string of the molecule is CC(=O)[C@@H]1CC[C@@H]2[C@H]3C[C@@H](C)C4=CC(=O)CC[C@]4(C)[C@@H]3C(=O)C[C@@]21C. The average molecular weight is 342 g/mol. The molecule has 3 saturated carbocycles. The van der Waals surface area contributed by atoms with Gasteiger partial charge in [0.15, 0.2) is 5.78 Å². The number of rotatable bonds is 1. The molecule has 0 aromatic heterocycles. The summed E-state index contributed by atoms with van der Waals surface area (Å²) in [5, 5.41) is 0. The zero-order valence-electron chi connectivity index (χ0n) is 15.9. The Balaban J connectivity index is 1.77. The molecular weight excluding hydrogens is 312 g/mol. The minimum Gasteiger partial charge on any atom is -0.300 e. The molecule has 0 heterocycles. The summed E-state index contributed by atoms with van der Waals surface area (Å²) in [5.74, 6) is 2.15. The molecule has 0 radical (unpaired) electrons. The van der Waals surface area contributed by atoms with Crippen molar-refractivity contribution >= 4 is 17.3 Å². The number of Topliss-reactive ketones (excluding diaryl/α,β-unsaturated/α-hetero) is 2. The van der Waals surface area contributed by atoms with Gasteiger partial charge < -0.3 is 0 Å². The molecule has 0 N–H and O–H groups in total. The van der Waals surface area contributed by atoms with E-state index in [0.717, 1.165) is 25.7 Å². The van der Waals surface area contributed by atoms with Crippen molar-refractivity contribution in [3.05, 3.63) is 11.6 Å². The van der Waals surface area contributed by atoms with Crippen molar-refractivity contribution in [3.63, 3.8) is 0 Å². The smallest absolute Gasteiger partial charge is 0.155 e. The molecule has 3 fully saturated rings. The Morgan fingerprint density at radius 2 is 1.92 bits per heavy atom. The fourth-order valence-corrected chi connectivity index (χ4v) is 7.49. The molecule has 0 unspecified atom stereocenters. The van der Waals surface area contributed by atoms with Crippen LogP contribution in [0.25, 0.3) is 0 Å². The summed E-state index contributed by atoms with van der Waals surface area (Å²) >= 11 is 0. The number of carbonyl (C=O) groups excluding carboxylic acids is 3. The van der Waals surface area contributed by atoms with E-state index in [1.165, 1.54) is 5.57 Å². The molecule has 7 atom stereocenters. The topological polar surface area (TPSA) is 51.2 Å². The summed E-state index contributed by atoms with van der Waals surface area (Å²) in [5.41, 5.74) is 0.928. The quantitative estimate of drug-likeness (QED) is 0.719. The highest BCUT2D eigenvalue weighted by molar-refractivity contribution is 5.93. The maximum atomic E-state index is 13.4. The third-order valence-electron chi connectivity index (χ3n) is 8.46. The Kier molecular flexibility index (Phi) is 3.69. The summed E-state index contributed by atoms with van der Waals surface area (Å²) in [6.07, 6.45) is 6.81. The van der Waals surface area contributed by atoms with Crippen molar-refractivity contribution in [2.24, 2.45) is 40.4 Å². The fourth-order valence-electron chi connectivity index (χ4n) is 7.49. The maximum absolute atomic E-state index is 13.4. The van der Waals surface area contributed by atoms with Gasteiger partial charge in [-0.05, 0) is 67.3 Å². The molecule has 4 aliphatic carbocycles. The van der Waals surface area contributed by atoms with Crippen LogP contribution in [0.1, 0.15) is 66.2 Å². The van der Waals surface area contributed by atoms with Gasteiger partial charge in [0.25, 0.3) is 0 Å². The van der Waals surface area contributed by atoms with E-state index in [-0.39, 0.29) is 34.2 Å². The van der Waals surface area contributed by atoms with Gasteiger partial charge >= 0.3 is 0 Å². The molecule has 0 spiro atoms. The van der Waals surface area contributed by atoms with Gasteiger partial charge in [0.05, 0.1) is 0 Å². The van der Waals surface area contributed by atoms with E-state index in [9.17, 15) is 14.4 Å². The number of allylic oxidation sites excluding steroid dienone is 1. The molecule has 25 heavy (non-hydrogen) atoms. The minimum atomic E-state index is -0.150. The number of hydrogen-bond donors (Lipinski definition) is 0. The first kappa shape index (κ1) is 17.2. The van der Waals surface area contributed by atoms with Gasteiger partial charge in [0.2, 0.25) is 0 Å². The monoisotopic (exact) mass is 342 g/mol. The second kappa shape index (κ2) is 5.37. The van der Waals surface area contributed by atoms with E-state index in [1.54, 1.807) is 6.92 Å². The predicted octanol–water partition coefficient (Wildman–Crippen LogP) is 4.15.